The molecule has 86 valence electrons. The molecule has 0 spiro atoms. The van der Waals surface area contributed by atoms with Gasteiger partial charge in [0.2, 0.25) is 0 Å². The number of carbonyl (C=O) groups excluding carboxylic acids is 1. The molecule has 0 radical (unpaired) electrons. The highest BCUT2D eigenvalue weighted by Crippen LogP contribution is 2.26. The number of hydrogen-bond donors (Lipinski definition) is 0. The number of aromatic nitrogens is 2. The lowest BCUT2D eigenvalue weighted by atomic mass is 10.1. The molecule has 0 aliphatic rings. The van der Waals surface area contributed by atoms with Crippen molar-refractivity contribution in [2.45, 2.75) is 0 Å². The molecule has 17 heavy (non-hydrogen) atoms. The third-order valence-corrected chi connectivity index (χ3v) is 2.53. The van der Waals surface area contributed by atoms with Gasteiger partial charge in [-0.3, -0.25) is 4.98 Å². The fourth-order valence-corrected chi connectivity index (χ4v) is 1.61. The van der Waals surface area contributed by atoms with Gasteiger partial charge in [-0.2, -0.15) is 0 Å². The maximum atomic E-state index is 11.4. The summed E-state index contributed by atoms with van der Waals surface area (Å²) in [5.41, 5.74) is 1.81. The summed E-state index contributed by atoms with van der Waals surface area (Å²) in [6.45, 7) is 0. The van der Waals surface area contributed by atoms with Gasteiger partial charge >= 0.3 is 5.97 Å². The van der Waals surface area contributed by atoms with E-state index in [0.29, 0.717) is 16.3 Å². The van der Waals surface area contributed by atoms with E-state index in [9.17, 15) is 4.79 Å². The van der Waals surface area contributed by atoms with Crippen LogP contribution in [0.2, 0.25) is 5.15 Å². The standard InChI is InChI=1S/C12H9ClN2O2/c1-17-12(16)9-5-10(11(13)15-7-9)8-3-2-4-14-6-8/h2-7H,1H3. The highest BCUT2D eigenvalue weighted by atomic mass is 35.5. The molecule has 0 aliphatic heterocycles. The van der Waals surface area contributed by atoms with E-state index >= 15 is 0 Å². The second kappa shape index (κ2) is 4.93. The molecule has 0 aliphatic carbocycles. The first kappa shape index (κ1) is 11.5. The van der Waals surface area contributed by atoms with E-state index in [2.05, 4.69) is 14.7 Å². The van der Waals surface area contributed by atoms with Gasteiger partial charge in [-0.05, 0) is 12.1 Å². The number of nitrogens with zero attached hydrogens (tertiary/aromatic N) is 2. The summed E-state index contributed by atoms with van der Waals surface area (Å²) in [6.07, 6.45) is 4.70. The normalized spacial score (nSPS) is 10.0. The van der Waals surface area contributed by atoms with Crippen LogP contribution in [0.25, 0.3) is 11.1 Å². The largest absolute Gasteiger partial charge is 0.465 e. The molecule has 0 atom stereocenters. The Morgan fingerprint density at radius 2 is 2.24 bits per heavy atom. The van der Waals surface area contributed by atoms with Crippen molar-refractivity contribution in [3.8, 4) is 11.1 Å². The molecular weight excluding hydrogens is 240 g/mol. The summed E-state index contributed by atoms with van der Waals surface area (Å²) in [4.78, 5) is 19.3. The zero-order valence-corrected chi connectivity index (χ0v) is 9.81. The van der Waals surface area contributed by atoms with Crippen LogP contribution in [-0.2, 0) is 4.74 Å². The summed E-state index contributed by atoms with van der Waals surface area (Å²) in [6, 6.07) is 5.27. The van der Waals surface area contributed by atoms with E-state index in [1.807, 2.05) is 6.07 Å². The average Bonchev–Trinajstić information content (AvgIpc) is 2.39. The molecule has 0 N–H and O–H groups in total. The van der Waals surface area contributed by atoms with Crippen LogP contribution < -0.4 is 0 Å². The average molecular weight is 249 g/mol. The topological polar surface area (TPSA) is 52.1 Å². The maximum Gasteiger partial charge on any atom is 0.339 e. The van der Waals surface area contributed by atoms with Crippen molar-refractivity contribution in [1.29, 1.82) is 0 Å². The first-order valence-electron chi connectivity index (χ1n) is 4.86. The molecule has 4 nitrogen and oxygen atoms in total. The minimum atomic E-state index is -0.445. The molecule has 0 saturated heterocycles. The minimum absolute atomic E-state index is 0.325. The van der Waals surface area contributed by atoms with Crippen LogP contribution in [0.15, 0.2) is 36.8 Å². The highest BCUT2D eigenvalue weighted by Gasteiger charge is 2.11. The summed E-state index contributed by atoms with van der Waals surface area (Å²) >= 11 is 5.99. The predicted octanol–water partition coefficient (Wildman–Crippen LogP) is 2.58. The fraction of sp³-hybridized carbons (Fsp3) is 0.0833. The van der Waals surface area contributed by atoms with E-state index in [0.717, 1.165) is 5.56 Å². The Morgan fingerprint density at radius 1 is 1.41 bits per heavy atom. The Bertz CT molecular complexity index is 543. The zero-order chi connectivity index (χ0) is 12.3. The third-order valence-electron chi connectivity index (χ3n) is 2.23. The van der Waals surface area contributed by atoms with Crippen LogP contribution in [0.4, 0.5) is 0 Å². The van der Waals surface area contributed by atoms with Gasteiger partial charge in [-0.15, -0.1) is 0 Å². The van der Waals surface area contributed by atoms with E-state index < -0.39 is 5.97 Å². The lowest BCUT2D eigenvalue weighted by molar-refractivity contribution is 0.0600. The number of methoxy groups -OCH3 is 1. The van der Waals surface area contributed by atoms with Gasteiger partial charge in [0.1, 0.15) is 5.15 Å². The Labute approximate surface area is 103 Å². The molecule has 0 bridgehead atoms. The summed E-state index contributed by atoms with van der Waals surface area (Å²) in [5.74, 6) is -0.445. The van der Waals surface area contributed by atoms with Crippen LogP contribution in [0, 0.1) is 0 Å². The molecule has 0 amide bonds. The van der Waals surface area contributed by atoms with Gasteiger partial charge in [-0.25, -0.2) is 9.78 Å². The highest BCUT2D eigenvalue weighted by molar-refractivity contribution is 6.32. The second-order valence-electron chi connectivity index (χ2n) is 3.30. The van der Waals surface area contributed by atoms with Crippen LogP contribution >= 0.6 is 11.6 Å². The fourth-order valence-electron chi connectivity index (χ4n) is 1.40. The Balaban J connectivity index is 2.50. The van der Waals surface area contributed by atoms with Gasteiger partial charge in [0, 0.05) is 29.7 Å². The van der Waals surface area contributed by atoms with Crippen molar-refractivity contribution in [3.63, 3.8) is 0 Å². The maximum absolute atomic E-state index is 11.4. The Kier molecular flexibility index (Phi) is 3.35. The number of ether oxygens (including phenoxy) is 1. The van der Waals surface area contributed by atoms with Crippen molar-refractivity contribution in [1.82, 2.24) is 9.97 Å². The monoisotopic (exact) mass is 248 g/mol. The number of pyridine rings is 2. The smallest absolute Gasteiger partial charge is 0.339 e. The van der Waals surface area contributed by atoms with Crippen molar-refractivity contribution < 1.29 is 9.53 Å². The molecule has 2 rings (SSSR count). The SMILES string of the molecule is COC(=O)c1cnc(Cl)c(-c2cccnc2)c1. The Hall–Kier alpha value is -1.94. The van der Waals surface area contributed by atoms with Gasteiger partial charge in [0.05, 0.1) is 12.7 Å². The lowest BCUT2D eigenvalue weighted by Gasteiger charge is -2.05. The van der Waals surface area contributed by atoms with Crippen LogP contribution in [0.1, 0.15) is 10.4 Å². The van der Waals surface area contributed by atoms with E-state index in [4.69, 9.17) is 11.6 Å². The zero-order valence-electron chi connectivity index (χ0n) is 9.05. The molecule has 0 saturated carbocycles. The van der Waals surface area contributed by atoms with Crippen molar-refractivity contribution in [2.75, 3.05) is 7.11 Å². The van der Waals surface area contributed by atoms with Gasteiger partial charge in [0.25, 0.3) is 0 Å². The van der Waals surface area contributed by atoms with Gasteiger partial charge in [0.15, 0.2) is 0 Å². The first-order valence-corrected chi connectivity index (χ1v) is 5.24. The quantitative estimate of drug-likeness (QED) is 0.606. The number of halogens is 1. The van der Waals surface area contributed by atoms with Crippen LogP contribution in [0.5, 0.6) is 0 Å². The second-order valence-corrected chi connectivity index (χ2v) is 3.65. The summed E-state index contributed by atoms with van der Waals surface area (Å²) in [5, 5.41) is 0.325. The molecule has 0 unspecified atom stereocenters. The molecular formula is C12H9ClN2O2. The van der Waals surface area contributed by atoms with Crippen molar-refractivity contribution in [3.05, 3.63) is 47.5 Å². The van der Waals surface area contributed by atoms with Crippen LogP contribution in [0.3, 0.4) is 0 Å². The molecule has 2 heterocycles. The number of hydrogen-bond acceptors (Lipinski definition) is 4. The molecule has 2 aromatic heterocycles. The summed E-state index contributed by atoms with van der Waals surface area (Å²) in [7, 11) is 1.32. The summed E-state index contributed by atoms with van der Waals surface area (Å²) < 4.78 is 4.63. The Morgan fingerprint density at radius 3 is 2.88 bits per heavy atom. The number of rotatable bonds is 2. The molecule has 0 aromatic carbocycles. The van der Waals surface area contributed by atoms with E-state index in [1.165, 1.54) is 13.3 Å². The number of carbonyl (C=O) groups is 1. The van der Waals surface area contributed by atoms with Crippen molar-refractivity contribution >= 4 is 17.6 Å². The van der Waals surface area contributed by atoms with Crippen LogP contribution in [-0.4, -0.2) is 23.0 Å². The predicted molar refractivity (Wildman–Crippen MR) is 63.8 cm³/mol. The first-order chi connectivity index (χ1) is 8.22. The van der Waals surface area contributed by atoms with E-state index in [-0.39, 0.29) is 0 Å². The number of esters is 1. The third kappa shape index (κ3) is 2.42. The molecule has 2 aromatic rings. The van der Waals surface area contributed by atoms with Gasteiger partial charge < -0.3 is 4.74 Å². The van der Waals surface area contributed by atoms with Gasteiger partial charge in [-0.1, -0.05) is 17.7 Å². The molecule has 5 heteroatoms. The van der Waals surface area contributed by atoms with E-state index in [1.54, 1.807) is 24.5 Å². The molecule has 0 fully saturated rings. The van der Waals surface area contributed by atoms with Crippen molar-refractivity contribution in [2.24, 2.45) is 0 Å². The lowest BCUT2D eigenvalue weighted by Crippen LogP contribution is -2.02. The minimum Gasteiger partial charge on any atom is -0.465 e.